The van der Waals surface area contributed by atoms with Crippen LogP contribution in [0.2, 0.25) is 0 Å². The van der Waals surface area contributed by atoms with Gasteiger partial charge in [-0.3, -0.25) is 0 Å². The van der Waals surface area contributed by atoms with Crippen LogP contribution in [0.3, 0.4) is 0 Å². The second kappa shape index (κ2) is 13.4. The third-order valence-electron chi connectivity index (χ3n) is 10.5. The van der Waals surface area contributed by atoms with Gasteiger partial charge >= 0.3 is 0 Å². The van der Waals surface area contributed by atoms with E-state index >= 15 is 0 Å². The monoisotopic (exact) mass is 689 g/mol. The van der Waals surface area contributed by atoms with E-state index in [0.717, 1.165) is 50.5 Å². The minimum absolute atomic E-state index is 0.880. The Morgan fingerprint density at radius 3 is 1.48 bits per heavy atom. The van der Waals surface area contributed by atoms with Gasteiger partial charge < -0.3 is 9.32 Å². The molecule has 1 heterocycles. The van der Waals surface area contributed by atoms with Gasteiger partial charge in [-0.25, -0.2) is 0 Å². The molecule has 0 spiro atoms. The van der Waals surface area contributed by atoms with Crippen molar-refractivity contribution in [2.24, 2.45) is 0 Å². The van der Waals surface area contributed by atoms with Gasteiger partial charge in [0.25, 0.3) is 0 Å². The van der Waals surface area contributed by atoms with Crippen molar-refractivity contribution in [3.05, 3.63) is 212 Å². The van der Waals surface area contributed by atoms with Crippen molar-refractivity contribution < 1.29 is 4.42 Å². The average Bonchev–Trinajstić information content (AvgIpc) is 3.69. The summed E-state index contributed by atoms with van der Waals surface area (Å²) in [5, 5.41) is 6.04. The number of para-hydroxylation sites is 1. The Morgan fingerprint density at radius 2 is 0.778 bits per heavy atom. The van der Waals surface area contributed by atoms with Gasteiger partial charge in [0.15, 0.2) is 0 Å². The first-order valence-electron chi connectivity index (χ1n) is 18.4. The lowest BCUT2D eigenvalue weighted by atomic mass is 9.95. The first-order chi connectivity index (χ1) is 26.8. The van der Waals surface area contributed by atoms with Crippen LogP contribution in [-0.2, 0) is 0 Å². The molecule has 9 aromatic carbocycles. The second-order valence-corrected chi connectivity index (χ2v) is 13.7. The van der Waals surface area contributed by atoms with Crippen LogP contribution in [0.1, 0.15) is 0 Å². The first-order valence-corrected chi connectivity index (χ1v) is 18.4. The van der Waals surface area contributed by atoms with E-state index in [1.165, 1.54) is 43.8 Å². The summed E-state index contributed by atoms with van der Waals surface area (Å²) < 4.78 is 6.26. The molecule has 0 atom stereocenters. The second-order valence-electron chi connectivity index (χ2n) is 13.7. The molecule has 0 radical (unpaired) electrons. The van der Waals surface area contributed by atoms with Gasteiger partial charge in [0.1, 0.15) is 11.3 Å². The molecule has 0 aliphatic carbocycles. The maximum absolute atomic E-state index is 6.26. The minimum Gasteiger partial charge on any atom is -0.456 e. The lowest BCUT2D eigenvalue weighted by molar-refractivity contribution is 0.632. The number of fused-ring (bicyclic) bond motifs is 3. The summed E-state index contributed by atoms with van der Waals surface area (Å²) in [7, 11) is 0. The Bertz CT molecular complexity index is 2880. The summed E-state index contributed by atoms with van der Waals surface area (Å²) in [6, 6.07) is 75.9. The summed E-state index contributed by atoms with van der Waals surface area (Å²) in [6.45, 7) is 0. The van der Waals surface area contributed by atoms with E-state index in [1.54, 1.807) is 0 Å². The lowest BCUT2D eigenvalue weighted by Crippen LogP contribution is -2.10. The zero-order valence-corrected chi connectivity index (χ0v) is 29.6. The zero-order valence-electron chi connectivity index (χ0n) is 29.6. The fourth-order valence-corrected chi connectivity index (χ4v) is 7.81. The van der Waals surface area contributed by atoms with Crippen molar-refractivity contribution in [2.75, 3.05) is 4.90 Å². The van der Waals surface area contributed by atoms with E-state index in [2.05, 4.69) is 199 Å². The molecule has 0 fully saturated rings. The maximum Gasteiger partial charge on any atom is 0.136 e. The average molecular weight is 690 g/mol. The highest BCUT2D eigenvalue weighted by atomic mass is 16.3. The van der Waals surface area contributed by atoms with Crippen molar-refractivity contribution in [1.82, 2.24) is 0 Å². The van der Waals surface area contributed by atoms with Gasteiger partial charge in [0, 0.05) is 27.7 Å². The van der Waals surface area contributed by atoms with E-state index in [1.807, 2.05) is 18.2 Å². The third-order valence-corrected chi connectivity index (χ3v) is 10.5. The van der Waals surface area contributed by atoms with E-state index in [4.69, 9.17) is 4.42 Å². The number of anilines is 3. The summed E-state index contributed by atoms with van der Waals surface area (Å²) in [5.74, 6) is 0.880. The van der Waals surface area contributed by atoms with Crippen LogP contribution in [-0.4, -0.2) is 0 Å². The largest absolute Gasteiger partial charge is 0.456 e. The molecule has 0 N–H and O–H groups in total. The highest BCUT2D eigenvalue weighted by Gasteiger charge is 2.17. The van der Waals surface area contributed by atoms with Gasteiger partial charge in [-0.2, -0.15) is 0 Å². The van der Waals surface area contributed by atoms with Gasteiger partial charge in [0.2, 0.25) is 0 Å². The third kappa shape index (κ3) is 5.71. The highest BCUT2D eigenvalue weighted by Crippen LogP contribution is 2.41. The Morgan fingerprint density at radius 1 is 0.315 bits per heavy atom. The molecule has 0 aliphatic rings. The van der Waals surface area contributed by atoms with Crippen molar-refractivity contribution in [3.63, 3.8) is 0 Å². The molecular weight excluding hydrogens is 655 g/mol. The predicted octanol–water partition coefficient (Wildman–Crippen LogP) is 14.9. The summed E-state index contributed by atoms with van der Waals surface area (Å²) in [6.07, 6.45) is 0. The first kappa shape index (κ1) is 31.6. The molecule has 10 aromatic rings. The number of rotatable bonds is 7. The molecule has 0 bridgehead atoms. The van der Waals surface area contributed by atoms with Crippen molar-refractivity contribution in [2.45, 2.75) is 0 Å². The molecule has 0 saturated heterocycles. The number of nitrogens with zero attached hydrogens (tertiary/aromatic N) is 1. The van der Waals surface area contributed by atoms with Crippen LogP contribution in [0, 0.1) is 0 Å². The minimum atomic E-state index is 0.880. The van der Waals surface area contributed by atoms with E-state index in [9.17, 15) is 0 Å². The maximum atomic E-state index is 6.26. The van der Waals surface area contributed by atoms with E-state index < -0.39 is 0 Å². The van der Waals surface area contributed by atoms with E-state index in [-0.39, 0.29) is 0 Å². The molecule has 1 aromatic heterocycles. The normalized spacial score (nSPS) is 11.3. The molecule has 0 unspecified atom stereocenters. The smallest absolute Gasteiger partial charge is 0.136 e. The van der Waals surface area contributed by atoms with Crippen LogP contribution < -0.4 is 4.90 Å². The van der Waals surface area contributed by atoms with Crippen LogP contribution in [0.5, 0.6) is 0 Å². The molecular formula is C52H35NO. The number of hydrogen-bond donors (Lipinski definition) is 0. The standard InChI is InChI=1S/C52H35NO/c1-4-16-45-38(11-1)14-9-20-46(45)41-29-33-44(34-30-41)53(50-21-10-15-39-12-2-5-18-48(39)50)43-31-27-37(28-32-43)36-23-25-40(26-24-36)47-17-6-7-19-49(47)52-35-42-13-3-8-22-51(42)54-52/h1-35H. The molecule has 54 heavy (non-hydrogen) atoms. The Balaban J connectivity index is 0.993. The topological polar surface area (TPSA) is 16.4 Å². The van der Waals surface area contributed by atoms with Gasteiger partial charge in [-0.15, -0.1) is 0 Å². The summed E-state index contributed by atoms with van der Waals surface area (Å²) >= 11 is 0. The SMILES string of the molecule is c1ccc(-c2cc3ccccc3o2)c(-c2ccc(-c3ccc(N(c4ccc(-c5cccc6ccccc56)cc4)c4cccc5ccccc45)cc3)cc2)c1. The zero-order chi connectivity index (χ0) is 35.8. The quantitative estimate of drug-likeness (QED) is 0.166. The van der Waals surface area contributed by atoms with Gasteiger partial charge in [-0.05, 0) is 92.0 Å². The van der Waals surface area contributed by atoms with Gasteiger partial charge in [0.05, 0.1) is 5.69 Å². The molecule has 2 nitrogen and oxygen atoms in total. The summed E-state index contributed by atoms with van der Waals surface area (Å²) in [4.78, 5) is 2.37. The molecule has 0 aliphatic heterocycles. The van der Waals surface area contributed by atoms with E-state index in [0.29, 0.717) is 0 Å². The molecule has 10 rings (SSSR count). The Hall–Kier alpha value is -7.16. The Labute approximate surface area is 314 Å². The van der Waals surface area contributed by atoms with Crippen LogP contribution in [0.4, 0.5) is 17.1 Å². The molecule has 0 saturated carbocycles. The molecule has 0 amide bonds. The van der Waals surface area contributed by atoms with Crippen LogP contribution >= 0.6 is 0 Å². The predicted molar refractivity (Wildman–Crippen MR) is 228 cm³/mol. The number of hydrogen-bond acceptors (Lipinski definition) is 2. The van der Waals surface area contributed by atoms with Crippen molar-refractivity contribution in [3.8, 4) is 44.7 Å². The Kier molecular flexibility index (Phi) is 7.85. The number of benzene rings is 9. The lowest BCUT2D eigenvalue weighted by Gasteiger charge is -2.27. The summed E-state index contributed by atoms with van der Waals surface area (Å²) in [5.41, 5.74) is 12.4. The molecule has 2 heteroatoms. The van der Waals surface area contributed by atoms with Crippen molar-refractivity contribution in [1.29, 1.82) is 0 Å². The fourth-order valence-electron chi connectivity index (χ4n) is 7.81. The van der Waals surface area contributed by atoms with Crippen LogP contribution in [0.25, 0.3) is 77.2 Å². The molecule has 254 valence electrons. The van der Waals surface area contributed by atoms with Gasteiger partial charge in [-0.1, -0.05) is 170 Å². The fraction of sp³-hybridized carbons (Fsp3) is 0. The van der Waals surface area contributed by atoms with Crippen LogP contribution in [0.15, 0.2) is 217 Å². The highest BCUT2D eigenvalue weighted by molar-refractivity contribution is 6.00. The number of furan rings is 1. The van der Waals surface area contributed by atoms with Crippen molar-refractivity contribution >= 4 is 49.6 Å².